The number of nitrogens with zero attached hydrogens (tertiary/aromatic N) is 2. The fourth-order valence-corrected chi connectivity index (χ4v) is 2.39. The van der Waals surface area contributed by atoms with Crippen LogP contribution in [0.15, 0.2) is 66.4 Å². The molecule has 0 bridgehead atoms. The number of amides is 1. The standard InChI is InChI=1S/C21H23N3O2/c1-3-24(15-17-8-6-5-7-9-17)16-18(14-22)21(25)23-19-10-12-20(13-11-19)26-4-2/h5-13,16H,3-4,15H2,1-2H3,(H,23,25)/b18-16-. The topological polar surface area (TPSA) is 65.4 Å². The lowest BCUT2D eigenvalue weighted by Crippen LogP contribution is -2.21. The Balaban J connectivity index is 2.06. The Morgan fingerprint density at radius 3 is 2.42 bits per heavy atom. The molecule has 0 saturated heterocycles. The smallest absolute Gasteiger partial charge is 0.267 e. The van der Waals surface area contributed by atoms with Gasteiger partial charge in [-0.25, -0.2) is 0 Å². The molecule has 0 fully saturated rings. The first-order valence-electron chi connectivity index (χ1n) is 8.60. The van der Waals surface area contributed by atoms with E-state index in [4.69, 9.17) is 4.74 Å². The Labute approximate surface area is 154 Å². The molecule has 0 aliphatic heterocycles. The van der Waals surface area contributed by atoms with E-state index in [0.29, 0.717) is 25.4 Å². The van der Waals surface area contributed by atoms with Crippen molar-refractivity contribution in [2.45, 2.75) is 20.4 Å². The van der Waals surface area contributed by atoms with Crippen LogP contribution in [0.5, 0.6) is 5.75 Å². The monoisotopic (exact) mass is 349 g/mol. The van der Waals surface area contributed by atoms with Crippen molar-refractivity contribution in [1.82, 2.24) is 4.90 Å². The van der Waals surface area contributed by atoms with Gasteiger partial charge in [-0.05, 0) is 43.7 Å². The van der Waals surface area contributed by atoms with Crippen molar-refractivity contribution in [2.75, 3.05) is 18.5 Å². The van der Waals surface area contributed by atoms with Crippen molar-refractivity contribution in [2.24, 2.45) is 0 Å². The van der Waals surface area contributed by atoms with Crippen LogP contribution >= 0.6 is 0 Å². The molecule has 0 aromatic heterocycles. The van der Waals surface area contributed by atoms with E-state index in [1.807, 2.05) is 55.1 Å². The lowest BCUT2D eigenvalue weighted by atomic mass is 10.2. The molecule has 5 heteroatoms. The number of hydrogen-bond acceptors (Lipinski definition) is 4. The molecule has 0 saturated carbocycles. The zero-order valence-corrected chi connectivity index (χ0v) is 15.1. The molecular weight excluding hydrogens is 326 g/mol. The first-order valence-corrected chi connectivity index (χ1v) is 8.60. The number of hydrogen-bond donors (Lipinski definition) is 1. The molecule has 2 rings (SSSR count). The number of nitrogens with one attached hydrogen (secondary N) is 1. The third-order valence-corrected chi connectivity index (χ3v) is 3.73. The van der Waals surface area contributed by atoms with Crippen LogP contribution in [0.1, 0.15) is 19.4 Å². The molecule has 0 heterocycles. The van der Waals surface area contributed by atoms with Gasteiger partial charge in [0, 0.05) is 25.0 Å². The lowest BCUT2D eigenvalue weighted by Gasteiger charge is -2.19. The summed E-state index contributed by atoms with van der Waals surface area (Å²) in [6, 6.07) is 19.0. The fraction of sp³-hybridized carbons (Fsp3) is 0.238. The highest BCUT2D eigenvalue weighted by Crippen LogP contribution is 2.16. The van der Waals surface area contributed by atoms with E-state index in [2.05, 4.69) is 5.32 Å². The Morgan fingerprint density at radius 1 is 1.15 bits per heavy atom. The highest BCUT2D eigenvalue weighted by molar-refractivity contribution is 6.06. The first-order chi connectivity index (χ1) is 12.7. The Morgan fingerprint density at radius 2 is 1.85 bits per heavy atom. The van der Waals surface area contributed by atoms with Crippen LogP contribution in [0.25, 0.3) is 0 Å². The number of benzene rings is 2. The van der Waals surface area contributed by atoms with Gasteiger partial charge in [0.25, 0.3) is 5.91 Å². The normalized spacial score (nSPS) is 10.7. The second kappa shape index (κ2) is 9.90. The summed E-state index contributed by atoms with van der Waals surface area (Å²) in [6.07, 6.45) is 1.61. The molecule has 0 spiro atoms. The zero-order chi connectivity index (χ0) is 18.8. The van der Waals surface area contributed by atoms with E-state index in [1.165, 1.54) is 0 Å². The van der Waals surface area contributed by atoms with Crippen molar-refractivity contribution >= 4 is 11.6 Å². The molecule has 0 unspecified atom stereocenters. The summed E-state index contributed by atoms with van der Waals surface area (Å²) < 4.78 is 5.38. The first kappa shape index (κ1) is 19.1. The van der Waals surface area contributed by atoms with Crippen LogP contribution in [0.4, 0.5) is 5.69 Å². The largest absolute Gasteiger partial charge is 0.494 e. The number of nitriles is 1. The highest BCUT2D eigenvalue weighted by Gasteiger charge is 2.11. The van der Waals surface area contributed by atoms with Gasteiger partial charge in [0.1, 0.15) is 17.4 Å². The second-order valence-corrected chi connectivity index (χ2v) is 5.61. The van der Waals surface area contributed by atoms with Crippen LogP contribution in [0.2, 0.25) is 0 Å². The summed E-state index contributed by atoms with van der Waals surface area (Å²) in [4.78, 5) is 14.3. The summed E-state index contributed by atoms with van der Waals surface area (Å²) in [5, 5.41) is 12.1. The molecule has 1 N–H and O–H groups in total. The summed E-state index contributed by atoms with van der Waals surface area (Å²) in [5.41, 5.74) is 1.80. The van der Waals surface area contributed by atoms with Gasteiger partial charge in [0.2, 0.25) is 0 Å². The maximum atomic E-state index is 12.4. The minimum absolute atomic E-state index is 0.0664. The van der Waals surface area contributed by atoms with Crippen molar-refractivity contribution in [3.8, 4) is 11.8 Å². The van der Waals surface area contributed by atoms with Crippen molar-refractivity contribution in [3.05, 3.63) is 71.9 Å². The number of rotatable bonds is 8. The predicted molar refractivity (Wildman–Crippen MR) is 102 cm³/mol. The van der Waals surface area contributed by atoms with Crippen LogP contribution in [-0.4, -0.2) is 24.0 Å². The van der Waals surface area contributed by atoms with Gasteiger partial charge in [0.15, 0.2) is 0 Å². The molecule has 0 aliphatic carbocycles. The number of carbonyl (C=O) groups excluding carboxylic acids is 1. The molecule has 0 aliphatic rings. The molecule has 2 aromatic rings. The van der Waals surface area contributed by atoms with Gasteiger partial charge >= 0.3 is 0 Å². The number of anilines is 1. The van der Waals surface area contributed by atoms with Gasteiger partial charge in [-0.1, -0.05) is 30.3 Å². The van der Waals surface area contributed by atoms with Crippen molar-refractivity contribution in [3.63, 3.8) is 0 Å². The van der Waals surface area contributed by atoms with Crippen LogP contribution < -0.4 is 10.1 Å². The molecule has 2 aromatic carbocycles. The SMILES string of the molecule is CCOc1ccc(NC(=O)/C(C#N)=C\N(CC)Cc2ccccc2)cc1. The maximum Gasteiger partial charge on any atom is 0.267 e. The second-order valence-electron chi connectivity index (χ2n) is 5.61. The van der Waals surface area contributed by atoms with Gasteiger partial charge in [-0.15, -0.1) is 0 Å². The van der Waals surface area contributed by atoms with Gasteiger partial charge in [-0.3, -0.25) is 4.79 Å². The third kappa shape index (κ3) is 5.67. The number of carbonyl (C=O) groups is 1. The van der Waals surface area contributed by atoms with E-state index >= 15 is 0 Å². The van der Waals surface area contributed by atoms with Gasteiger partial charge in [-0.2, -0.15) is 5.26 Å². The zero-order valence-electron chi connectivity index (χ0n) is 15.1. The minimum atomic E-state index is -0.428. The summed E-state index contributed by atoms with van der Waals surface area (Å²) in [7, 11) is 0. The molecular formula is C21H23N3O2. The van der Waals surface area contributed by atoms with Crippen LogP contribution in [-0.2, 0) is 11.3 Å². The molecule has 0 radical (unpaired) electrons. The fourth-order valence-electron chi connectivity index (χ4n) is 2.39. The Hall–Kier alpha value is -3.26. The quantitative estimate of drug-likeness (QED) is 0.579. The Kier molecular flexibility index (Phi) is 7.26. The van der Waals surface area contributed by atoms with E-state index in [-0.39, 0.29) is 5.57 Å². The molecule has 5 nitrogen and oxygen atoms in total. The van der Waals surface area contributed by atoms with Crippen LogP contribution in [0, 0.1) is 11.3 Å². The average Bonchev–Trinajstić information content (AvgIpc) is 2.67. The van der Waals surface area contributed by atoms with Gasteiger partial charge < -0.3 is 15.0 Å². The number of ether oxygens (including phenoxy) is 1. The molecule has 134 valence electrons. The summed E-state index contributed by atoms with van der Waals surface area (Å²) in [5.74, 6) is 0.310. The molecule has 0 atom stereocenters. The summed E-state index contributed by atoms with van der Waals surface area (Å²) in [6.45, 7) is 5.81. The summed E-state index contributed by atoms with van der Waals surface area (Å²) >= 11 is 0. The predicted octanol–water partition coefficient (Wildman–Crippen LogP) is 3.95. The highest BCUT2D eigenvalue weighted by atomic mass is 16.5. The molecule has 26 heavy (non-hydrogen) atoms. The minimum Gasteiger partial charge on any atom is -0.494 e. The Bertz CT molecular complexity index is 777. The maximum absolute atomic E-state index is 12.4. The molecule has 1 amide bonds. The van der Waals surface area contributed by atoms with Gasteiger partial charge in [0.05, 0.1) is 6.61 Å². The van der Waals surface area contributed by atoms with Crippen molar-refractivity contribution in [1.29, 1.82) is 5.26 Å². The third-order valence-electron chi connectivity index (χ3n) is 3.73. The van der Waals surface area contributed by atoms with E-state index in [0.717, 1.165) is 11.3 Å². The average molecular weight is 349 g/mol. The van der Waals surface area contributed by atoms with Crippen molar-refractivity contribution < 1.29 is 9.53 Å². The lowest BCUT2D eigenvalue weighted by molar-refractivity contribution is -0.112. The van der Waals surface area contributed by atoms with E-state index in [9.17, 15) is 10.1 Å². The van der Waals surface area contributed by atoms with E-state index < -0.39 is 5.91 Å². The van der Waals surface area contributed by atoms with E-state index in [1.54, 1.807) is 30.5 Å². The van der Waals surface area contributed by atoms with Crippen LogP contribution in [0.3, 0.4) is 0 Å².